The van der Waals surface area contributed by atoms with Gasteiger partial charge in [0.25, 0.3) is 0 Å². The van der Waals surface area contributed by atoms with E-state index in [0.29, 0.717) is 17.1 Å². The predicted molar refractivity (Wildman–Crippen MR) is 87.9 cm³/mol. The number of carbonyl (C=O) groups is 2. The molecule has 2 rings (SSSR count). The van der Waals surface area contributed by atoms with Crippen molar-refractivity contribution in [2.24, 2.45) is 0 Å². The van der Waals surface area contributed by atoms with Crippen molar-refractivity contribution in [3.8, 4) is 0 Å². The van der Waals surface area contributed by atoms with Crippen LogP contribution in [0.5, 0.6) is 0 Å². The summed E-state index contributed by atoms with van der Waals surface area (Å²) in [5.41, 5.74) is 3.62. The van der Waals surface area contributed by atoms with Crippen LogP contribution in [-0.2, 0) is 11.2 Å². The van der Waals surface area contributed by atoms with Crippen molar-refractivity contribution in [3.63, 3.8) is 0 Å². The van der Waals surface area contributed by atoms with Gasteiger partial charge in [-0.25, -0.2) is 9.59 Å². The number of aryl methyl sites for hydroxylation is 2. The smallest absolute Gasteiger partial charge is 0.337 e. The molecule has 0 fully saturated rings. The molecule has 0 bridgehead atoms. The lowest BCUT2D eigenvalue weighted by Gasteiger charge is -2.10. The topological polar surface area (TPSA) is 96.1 Å². The number of H-pyrrole nitrogens is 1. The van der Waals surface area contributed by atoms with Gasteiger partial charge in [0.05, 0.1) is 12.7 Å². The number of nitrogens with one attached hydrogen (secondary N) is 3. The second-order valence-corrected chi connectivity index (χ2v) is 5.13. The van der Waals surface area contributed by atoms with E-state index in [-0.39, 0.29) is 0 Å². The third kappa shape index (κ3) is 3.68. The maximum absolute atomic E-state index is 12.1. The Labute approximate surface area is 134 Å². The van der Waals surface area contributed by atoms with Crippen LogP contribution in [0.15, 0.2) is 18.2 Å². The number of aromatic amines is 1. The molecular weight excluding hydrogens is 296 g/mol. The normalized spacial score (nSPS) is 10.3. The lowest BCUT2D eigenvalue weighted by molar-refractivity contribution is 0.0600. The number of benzene rings is 1. The number of ether oxygens (including phenoxy) is 1. The number of methoxy groups -OCH3 is 1. The number of anilines is 2. The molecular formula is C16H20N4O3. The Balaban J connectivity index is 2.13. The molecule has 3 N–H and O–H groups in total. The van der Waals surface area contributed by atoms with Gasteiger partial charge in [0.2, 0.25) is 0 Å². The minimum absolute atomic E-state index is 0.373. The highest BCUT2D eigenvalue weighted by molar-refractivity contribution is 6.01. The molecule has 2 amide bonds. The Morgan fingerprint density at radius 3 is 2.61 bits per heavy atom. The maximum atomic E-state index is 12.1. The molecule has 1 heterocycles. The molecule has 23 heavy (non-hydrogen) atoms. The van der Waals surface area contributed by atoms with Gasteiger partial charge < -0.3 is 10.1 Å². The second kappa shape index (κ2) is 6.95. The van der Waals surface area contributed by atoms with Crippen LogP contribution >= 0.6 is 0 Å². The summed E-state index contributed by atoms with van der Waals surface area (Å²) in [4.78, 5) is 23.7. The first-order valence-corrected chi connectivity index (χ1v) is 7.27. The van der Waals surface area contributed by atoms with Crippen LogP contribution in [0.1, 0.15) is 34.1 Å². The first-order valence-electron chi connectivity index (χ1n) is 7.27. The van der Waals surface area contributed by atoms with Crippen molar-refractivity contribution in [2.75, 3.05) is 17.7 Å². The van der Waals surface area contributed by atoms with Gasteiger partial charge in [0.1, 0.15) is 0 Å². The fraction of sp³-hybridized carbons (Fsp3) is 0.312. The van der Waals surface area contributed by atoms with E-state index in [9.17, 15) is 9.59 Å². The molecule has 1 aromatic carbocycles. The number of nitrogens with zero attached hydrogens (tertiary/aromatic N) is 1. The molecule has 0 saturated heterocycles. The van der Waals surface area contributed by atoms with Gasteiger partial charge in [0.15, 0.2) is 5.82 Å². The van der Waals surface area contributed by atoms with E-state index in [2.05, 4.69) is 25.6 Å². The Kier molecular flexibility index (Phi) is 5.00. The molecule has 0 atom stereocenters. The third-order valence-electron chi connectivity index (χ3n) is 3.60. The number of hydrogen-bond acceptors (Lipinski definition) is 4. The van der Waals surface area contributed by atoms with E-state index >= 15 is 0 Å². The standard InChI is InChI=1S/C16H20N4O3/c1-5-12-10(3)14(20-19-12)18-16(22)17-13-8-11(15(21)23-4)7-6-9(13)2/h6-8H,5H2,1-4H3,(H3,17,18,19,20,22). The fourth-order valence-electron chi connectivity index (χ4n) is 2.16. The zero-order chi connectivity index (χ0) is 17.0. The first kappa shape index (κ1) is 16.5. The van der Waals surface area contributed by atoms with Crippen LogP contribution in [-0.4, -0.2) is 29.3 Å². The van der Waals surface area contributed by atoms with Crippen LogP contribution in [0.25, 0.3) is 0 Å². The van der Waals surface area contributed by atoms with Gasteiger partial charge in [-0.15, -0.1) is 0 Å². The molecule has 0 saturated carbocycles. The second-order valence-electron chi connectivity index (χ2n) is 5.13. The molecule has 0 unspecified atom stereocenters. The van der Waals surface area contributed by atoms with Crippen molar-refractivity contribution >= 4 is 23.5 Å². The molecule has 7 nitrogen and oxygen atoms in total. The average molecular weight is 316 g/mol. The van der Waals surface area contributed by atoms with E-state index in [0.717, 1.165) is 23.2 Å². The summed E-state index contributed by atoms with van der Waals surface area (Å²) in [6.45, 7) is 5.73. The molecule has 122 valence electrons. The number of aromatic nitrogens is 2. The molecule has 0 aliphatic rings. The van der Waals surface area contributed by atoms with Gasteiger partial charge in [-0.1, -0.05) is 13.0 Å². The number of hydrogen-bond donors (Lipinski definition) is 3. The zero-order valence-electron chi connectivity index (χ0n) is 13.6. The minimum atomic E-state index is -0.454. The highest BCUT2D eigenvalue weighted by Gasteiger charge is 2.13. The van der Waals surface area contributed by atoms with Crippen LogP contribution in [0.3, 0.4) is 0 Å². The number of urea groups is 1. The summed E-state index contributed by atoms with van der Waals surface area (Å²) in [5, 5.41) is 12.4. The highest BCUT2D eigenvalue weighted by Crippen LogP contribution is 2.19. The fourth-order valence-corrected chi connectivity index (χ4v) is 2.16. The Hall–Kier alpha value is -2.83. The summed E-state index contributed by atoms with van der Waals surface area (Å²) in [5.74, 6) is 0.0327. The van der Waals surface area contributed by atoms with Crippen LogP contribution in [0.4, 0.5) is 16.3 Å². The SMILES string of the molecule is CCc1[nH]nc(NC(=O)Nc2cc(C(=O)OC)ccc2C)c1C. The predicted octanol–water partition coefficient (Wildman–Crippen LogP) is 3.02. The average Bonchev–Trinajstić information content (AvgIpc) is 2.88. The lowest BCUT2D eigenvalue weighted by atomic mass is 10.1. The Bertz CT molecular complexity index is 737. The first-order chi connectivity index (χ1) is 11.0. The number of rotatable bonds is 4. The summed E-state index contributed by atoms with van der Waals surface area (Å²) < 4.78 is 4.68. The zero-order valence-corrected chi connectivity index (χ0v) is 13.6. The van der Waals surface area contributed by atoms with Crippen LogP contribution in [0.2, 0.25) is 0 Å². The van der Waals surface area contributed by atoms with E-state index in [1.165, 1.54) is 7.11 Å². The molecule has 2 aromatic rings. The third-order valence-corrected chi connectivity index (χ3v) is 3.60. The van der Waals surface area contributed by atoms with E-state index in [1.807, 2.05) is 20.8 Å². The van der Waals surface area contributed by atoms with E-state index in [1.54, 1.807) is 18.2 Å². The van der Waals surface area contributed by atoms with Gasteiger partial charge in [0, 0.05) is 16.9 Å². The van der Waals surface area contributed by atoms with E-state index in [4.69, 9.17) is 0 Å². The number of carbonyl (C=O) groups excluding carboxylic acids is 2. The van der Waals surface area contributed by atoms with Gasteiger partial charge in [-0.05, 0) is 38.0 Å². The molecule has 0 radical (unpaired) electrons. The molecule has 0 spiro atoms. The molecule has 0 aliphatic carbocycles. The summed E-state index contributed by atoms with van der Waals surface area (Å²) in [7, 11) is 1.31. The summed E-state index contributed by atoms with van der Waals surface area (Å²) >= 11 is 0. The van der Waals surface area contributed by atoms with Crippen molar-refractivity contribution in [1.29, 1.82) is 0 Å². The minimum Gasteiger partial charge on any atom is -0.465 e. The van der Waals surface area contributed by atoms with Crippen molar-refractivity contribution in [3.05, 3.63) is 40.6 Å². The quantitative estimate of drug-likeness (QED) is 0.755. The Morgan fingerprint density at radius 1 is 1.26 bits per heavy atom. The molecule has 0 aliphatic heterocycles. The highest BCUT2D eigenvalue weighted by atomic mass is 16.5. The number of esters is 1. The monoisotopic (exact) mass is 316 g/mol. The largest absolute Gasteiger partial charge is 0.465 e. The van der Waals surface area contributed by atoms with Gasteiger partial charge in [-0.2, -0.15) is 5.10 Å². The molecule has 1 aromatic heterocycles. The van der Waals surface area contributed by atoms with Crippen molar-refractivity contribution in [1.82, 2.24) is 10.2 Å². The van der Waals surface area contributed by atoms with Crippen LogP contribution < -0.4 is 10.6 Å². The van der Waals surface area contributed by atoms with Crippen LogP contribution in [0, 0.1) is 13.8 Å². The summed E-state index contributed by atoms with van der Waals surface area (Å²) in [6.07, 6.45) is 0.808. The molecule has 7 heteroatoms. The number of amides is 2. The maximum Gasteiger partial charge on any atom is 0.337 e. The van der Waals surface area contributed by atoms with Crippen molar-refractivity contribution < 1.29 is 14.3 Å². The Morgan fingerprint density at radius 2 is 2.00 bits per heavy atom. The lowest BCUT2D eigenvalue weighted by Crippen LogP contribution is -2.21. The summed E-state index contributed by atoms with van der Waals surface area (Å²) in [6, 6.07) is 4.55. The van der Waals surface area contributed by atoms with Crippen molar-refractivity contribution in [2.45, 2.75) is 27.2 Å². The van der Waals surface area contributed by atoms with Gasteiger partial charge in [-0.3, -0.25) is 10.4 Å². The van der Waals surface area contributed by atoms with E-state index < -0.39 is 12.0 Å². The van der Waals surface area contributed by atoms with Gasteiger partial charge >= 0.3 is 12.0 Å².